The van der Waals surface area contributed by atoms with E-state index in [9.17, 15) is 26.4 Å². The Morgan fingerprint density at radius 1 is 0.926 bits per heavy atom. The zero-order valence-electron chi connectivity index (χ0n) is 14.9. The predicted octanol–water partition coefficient (Wildman–Crippen LogP) is 2.08. The van der Waals surface area contributed by atoms with Crippen LogP contribution in [0.25, 0.3) is 0 Å². The summed E-state index contributed by atoms with van der Waals surface area (Å²) in [5, 5.41) is 0. The lowest BCUT2D eigenvalue weighted by molar-refractivity contribution is 0.0940. The van der Waals surface area contributed by atoms with Crippen LogP contribution in [0.2, 0.25) is 0 Å². The molecule has 144 valence electrons. The van der Waals surface area contributed by atoms with E-state index in [1.807, 2.05) is 6.92 Å². The first kappa shape index (κ1) is 21.0. The maximum atomic E-state index is 12.7. The topological polar surface area (TPSA) is 102 Å². The number of thiol groups is 1. The van der Waals surface area contributed by atoms with Crippen molar-refractivity contribution in [3.05, 3.63) is 65.2 Å². The van der Waals surface area contributed by atoms with Crippen LogP contribution in [-0.2, 0) is 20.5 Å². The van der Waals surface area contributed by atoms with Crippen molar-refractivity contribution >= 4 is 32.1 Å². The van der Waals surface area contributed by atoms with E-state index in [4.69, 9.17) is 0 Å². The number of rotatable bonds is 8. The van der Waals surface area contributed by atoms with Crippen LogP contribution in [0.4, 0.5) is 0 Å². The molecule has 0 N–H and O–H groups in total. The molecular formula is C19H20O6S2. The van der Waals surface area contributed by atoms with Crippen molar-refractivity contribution in [1.29, 1.82) is 0 Å². The lowest BCUT2D eigenvalue weighted by Gasteiger charge is -2.14. The van der Waals surface area contributed by atoms with Gasteiger partial charge in [-0.25, -0.2) is 16.8 Å². The van der Waals surface area contributed by atoms with Crippen molar-refractivity contribution in [3.8, 4) is 0 Å². The molecule has 0 aliphatic carbocycles. The van der Waals surface area contributed by atoms with Crippen LogP contribution in [0.5, 0.6) is 0 Å². The van der Waals surface area contributed by atoms with Crippen LogP contribution < -0.4 is 0 Å². The van der Waals surface area contributed by atoms with Crippen molar-refractivity contribution in [2.75, 3.05) is 11.5 Å². The van der Waals surface area contributed by atoms with Gasteiger partial charge in [0.05, 0.1) is 22.3 Å². The largest absolute Gasteiger partial charge is 0.295 e. The standard InChI is InChI=1S/C19H20O6S2/c1-13-3-9-18(10-4-13)27(24,25)12-17(11-26(22)23)19(21)16-7-5-15(6-8-16)14(2)20/h3-10,17,26H,11-12H2,1-2H3. The second-order valence-electron chi connectivity index (χ2n) is 6.30. The third-order valence-electron chi connectivity index (χ3n) is 4.12. The van der Waals surface area contributed by atoms with Crippen molar-refractivity contribution in [2.45, 2.75) is 18.7 Å². The quantitative estimate of drug-likeness (QED) is 0.530. The molecule has 2 rings (SSSR count). The summed E-state index contributed by atoms with van der Waals surface area (Å²) in [4.78, 5) is 24.1. The van der Waals surface area contributed by atoms with Gasteiger partial charge in [-0.2, -0.15) is 0 Å². The highest BCUT2D eigenvalue weighted by Crippen LogP contribution is 2.19. The molecular weight excluding hydrogens is 388 g/mol. The summed E-state index contributed by atoms with van der Waals surface area (Å²) in [5.74, 6) is -3.14. The van der Waals surface area contributed by atoms with Gasteiger partial charge in [0.2, 0.25) is 0 Å². The second-order valence-corrected chi connectivity index (χ2v) is 9.37. The number of benzene rings is 2. The highest BCUT2D eigenvalue weighted by Gasteiger charge is 2.28. The predicted molar refractivity (Wildman–Crippen MR) is 103 cm³/mol. The van der Waals surface area contributed by atoms with Crippen LogP contribution in [-0.4, -0.2) is 39.9 Å². The van der Waals surface area contributed by atoms with E-state index in [1.54, 1.807) is 12.1 Å². The Balaban J connectivity index is 2.32. The van der Waals surface area contributed by atoms with Crippen molar-refractivity contribution < 1.29 is 26.4 Å². The summed E-state index contributed by atoms with van der Waals surface area (Å²) in [5.41, 5.74) is 1.46. The first-order valence-electron chi connectivity index (χ1n) is 8.16. The van der Waals surface area contributed by atoms with Crippen molar-refractivity contribution in [3.63, 3.8) is 0 Å². The fourth-order valence-electron chi connectivity index (χ4n) is 2.60. The van der Waals surface area contributed by atoms with Gasteiger partial charge in [-0.05, 0) is 26.0 Å². The molecule has 0 saturated carbocycles. The number of carbonyl (C=O) groups is 2. The highest BCUT2D eigenvalue weighted by molar-refractivity contribution is 7.91. The number of sulfone groups is 1. The van der Waals surface area contributed by atoms with Gasteiger partial charge >= 0.3 is 0 Å². The fraction of sp³-hybridized carbons (Fsp3) is 0.263. The molecule has 2 aromatic carbocycles. The molecule has 0 heterocycles. The van der Waals surface area contributed by atoms with Crippen molar-refractivity contribution in [2.24, 2.45) is 5.92 Å². The molecule has 8 heteroatoms. The van der Waals surface area contributed by atoms with Gasteiger partial charge in [0.1, 0.15) is 10.7 Å². The maximum Gasteiger partial charge on any atom is 0.179 e. The average Bonchev–Trinajstić information content (AvgIpc) is 2.60. The Hall–Kier alpha value is -2.32. The third kappa shape index (κ3) is 5.58. The zero-order chi connectivity index (χ0) is 20.2. The summed E-state index contributed by atoms with van der Waals surface area (Å²) in [7, 11) is -6.78. The molecule has 27 heavy (non-hydrogen) atoms. The van der Waals surface area contributed by atoms with Crippen LogP contribution in [0.15, 0.2) is 53.4 Å². The smallest absolute Gasteiger partial charge is 0.179 e. The van der Waals surface area contributed by atoms with Gasteiger partial charge in [0.25, 0.3) is 0 Å². The molecule has 0 fully saturated rings. The summed E-state index contributed by atoms with van der Waals surface area (Å²) in [6, 6.07) is 11.9. The van der Waals surface area contributed by atoms with Crippen LogP contribution >= 0.6 is 0 Å². The Kier molecular flexibility index (Phi) is 6.67. The molecule has 0 aliphatic rings. The van der Waals surface area contributed by atoms with E-state index in [0.717, 1.165) is 5.56 Å². The number of hydrogen-bond donors (Lipinski definition) is 1. The lowest BCUT2D eigenvalue weighted by Crippen LogP contribution is -2.28. The molecule has 6 nitrogen and oxygen atoms in total. The van der Waals surface area contributed by atoms with E-state index in [2.05, 4.69) is 0 Å². The molecule has 0 spiro atoms. The molecule has 0 aromatic heterocycles. The normalized spacial score (nSPS) is 12.7. The summed E-state index contributed by atoms with van der Waals surface area (Å²) in [6.45, 7) is 3.20. The summed E-state index contributed by atoms with van der Waals surface area (Å²) < 4.78 is 47.6. The molecule has 1 unspecified atom stereocenters. The van der Waals surface area contributed by atoms with Gasteiger partial charge in [-0.3, -0.25) is 9.59 Å². The van der Waals surface area contributed by atoms with Gasteiger partial charge < -0.3 is 0 Å². The van der Waals surface area contributed by atoms with Crippen molar-refractivity contribution in [1.82, 2.24) is 0 Å². The van der Waals surface area contributed by atoms with Gasteiger partial charge in [0, 0.05) is 11.1 Å². The summed E-state index contributed by atoms with van der Waals surface area (Å²) in [6.07, 6.45) is 0. The SMILES string of the molecule is CC(=O)c1ccc(C(=O)C(C[SH](=O)=O)CS(=O)(=O)c2ccc(C)cc2)cc1. The first-order chi connectivity index (χ1) is 12.6. The van der Waals surface area contributed by atoms with E-state index in [0.29, 0.717) is 5.56 Å². The van der Waals surface area contributed by atoms with E-state index < -0.39 is 43.7 Å². The molecule has 2 aromatic rings. The van der Waals surface area contributed by atoms with E-state index in [1.165, 1.54) is 43.3 Å². The fourth-order valence-corrected chi connectivity index (χ4v) is 4.97. The molecule has 0 radical (unpaired) electrons. The molecule has 1 atom stereocenters. The van der Waals surface area contributed by atoms with Gasteiger partial charge in [0.15, 0.2) is 21.4 Å². The zero-order valence-corrected chi connectivity index (χ0v) is 16.6. The van der Waals surface area contributed by atoms with Crippen LogP contribution in [0.1, 0.15) is 33.2 Å². The number of Topliss-reactive ketones (excluding diaryl/α,β-unsaturated/α-hetero) is 2. The highest BCUT2D eigenvalue weighted by atomic mass is 32.2. The minimum atomic E-state index is -3.84. The maximum absolute atomic E-state index is 12.7. The Bertz CT molecular complexity index is 1010. The monoisotopic (exact) mass is 408 g/mol. The minimum absolute atomic E-state index is 0.0407. The second kappa shape index (κ2) is 8.58. The Labute approximate surface area is 160 Å². The number of hydrogen-bond acceptors (Lipinski definition) is 6. The van der Waals surface area contributed by atoms with Crippen LogP contribution in [0, 0.1) is 12.8 Å². The van der Waals surface area contributed by atoms with Crippen LogP contribution in [0.3, 0.4) is 0 Å². The first-order valence-corrected chi connectivity index (χ1v) is 11.2. The molecule has 0 aliphatic heterocycles. The van der Waals surface area contributed by atoms with Gasteiger partial charge in [-0.15, -0.1) is 0 Å². The molecule has 0 saturated heterocycles. The minimum Gasteiger partial charge on any atom is -0.295 e. The Morgan fingerprint density at radius 3 is 1.93 bits per heavy atom. The number of aryl methyl sites for hydroxylation is 1. The van der Waals surface area contributed by atoms with E-state index in [-0.39, 0.29) is 16.2 Å². The van der Waals surface area contributed by atoms with E-state index >= 15 is 0 Å². The molecule has 0 amide bonds. The number of carbonyl (C=O) groups excluding carboxylic acids is 2. The van der Waals surface area contributed by atoms with Gasteiger partial charge in [-0.1, -0.05) is 42.0 Å². The average molecular weight is 408 g/mol. The number of ketones is 2. The summed E-state index contributed by atoms with van der Waals surface area (Å²) >= 11 is 0. The Morgan fingerprint density at radius 2 is 1.44 bits per heavy atom. The lowest BCUT2D eigenvalue weighted by atomic mass is 9.99. The molecule has 0 bridgehead atoms. The third-order valence-corrected chi connectivity index (χ3v) is 6.69.